The number of oxazole rings is 1. The number of amides is 2. The van der Waals surface area contributed by atoms with Crippen molar-refractivity contribution in [1.82, 2.24) is 9.88 Å². The zero-order valence-electron chi connectivity index (χ0n) is 13.6. The van der Waals surface area contributed by atoms with Crippen LogP contribution in [0.2, 0.25) is 5.02 Å². The molecule has 0 unspecified atom stereocenters. The second-order valence-electron chi connectivity index (χ2n) is 5.98. The Morgan fingerprint density at radius 1 is 1.50 bits per heavy atom. The third-order valence-corrected chi connectivity index (χ3v) is 4.74. The molecule has 1 aromatic heterocycles. The van der Waals surface area contributed by atoms with Crippen molar-refractivity contribution < 1.29 is 13.6 Å². The lowest BCUT2D eigenvalue weighted by molar-refractivity contribution is 0.205. The maximum Gasteiger partial charge on any atom is 0.325 e. The molecule has 1 atom stereocenters. The SMILES string of the molecule is Cc1nc(NC(=O)N2CCC[C@@H]2Cc2c(F)cccc2Cl)oc1C. The topological polar surface area (TPSA) is 58.4 Å². The Morgan fingerprint density at radius 2 is 2.29 bits per heavy atom. The van der Waals surface area contributed by atoms with E-state index in [0.717, 1.165) is 18.5 Å². The number of hydrogen-bond acceptors (Lipinski definition) is 3. The van der Waals surface area contributed by atoms with E-state index in [4.69, 9.17) is 16.0 Å². The van der Waals surface area contributed by atoms with E-state index in [1.807, 2.05) is 6.92 Å². The summed E-state index contributed by atoms with van der Waals surface area (Å²) in [6.07, 6.45) is 2.07. The predicted molar refractivity (Wildman–Crippen MR) is 89.8 cm³/mol. The van der Waals surface area contributed by atoms with Gasteiger partial charge in [0, 0.05) is 23.2 Å². The van der Waals surface area contributed by atoms with Crippen molar-refractivity contribution >= 4 is 23.6 Å². The van der Waals surface area contributed by atoms with Crippen molar-refractivity contribution in [2.24, 2.45) is 0 Å². The molecule has 0 bridgehead atoms. The molecular formula is C17H19ClFN3O2. The zero-order valence-corrected chi connectivity index (χ0v) is 14.4. The van der Waals surface area contributed by atoms with Crippen molar-refractivity contribution in [2.45, 2.75) is 39.2 Å². The van der Waals surface area contributed by atoms with E-state index < -0.39 is 0 Å². The molecule has 2 amide bonds. The van der Waals surface area contributed by atoms with Crippen LogP contribution in [0, 0.1) is 19.7 Å². The van der Waals surface area contributed by atoms with Gasteiger partial charge in [-0.1, -0.05) is 17.7 Å². The summed E-state index contributed by atoms with van der Waals surface area (Å²) >= 11 is 6.10. The molecule has 5 nitrogen and oxygen atoms in total. The molecule has 0 spiro atoms. The first-order chi connectivity index (χ1) is 11.5. The lowest BCUT2D eigenvalue weighted by atomic mass is 10.0. The number of halogens is 2. The summed E-state index contributed by atoms with van der Waals surface area (Å²) in [7, 11) is 0. The number of carbonyl (C=O) groups excluding carboxylic acids is 1. The van der Waals surface area contributed by atoms with Gasteiger partial charge >= 0.3 is 12.0 Å². The van der Waals surface area contributed by atoms with Gasteiger partial charge in [-0.05, 0) is 45.2 Å². The average molecular weight is 352 g/mol. The van der Waals surface area contributed by atoms with Gasteiger partial charge in [0.15, 0.2) is 0 Å². The second-order valence-corrected chi connectivity index (χ2v) is 6.39. The quantitative estimate of drug-likeness (QED) is 0.895. The van der Waals surface area contributed by atoms with Gasteiger partial charge in [-0.15, -0.1) is 0 Å². The van der Waals surface area contributed by atoms with Crippen LogP contribution >= 0.6 is 11.6 Å². The second kappa shape index (κ2) is 6.81. The number of rotatable bonds is 3. The summed E-state index contributed by atoms with van der Waals surface area (Å²) in [5.74, 6) is 0.329. The summed E-state index contributed by atoms with van der Waals surface area (Å²) in [5.41, 5.74) is 1.19. The minimum absolute atomic E-state index is 0.100. The number of aryl methyl sites for hydroxylation is 2. The number of carbonyl (C=O) groups is 1. The van der Waals surface area contributed by atoms with E-state index in [1.54, 1.807) is 24.0 Å². The maximum atomic E-state index is 14.0. The van der Waals surface area contributed by atoms with Crippen LogP contribution in [0.15, 0.2) is 22.6 Å². The van der Waals surface area contributed by atoms with Crippen LogP contribution < -0.4 is 5.32 Å². The Morgan fingerprint density at radius 3 is 2.96 bits per heavy atom. The number of nitrogens with one attached hydrogen (secondary N) is 1. The number of likely N-dealkylation sites (tertiary alicyclic amines) is 1. The fourth-order valence-electron chi connectivity index (χ4n) is 2.97. The Bertz CT molecular complexity index is 723. The van der Waals surface area contributed by atoms with Crippen molar-refractivity contribution in [3.8, 4) is 0 Å². The van der Waals surface area contributed by atoms with Crippen LogP contribution in [-0.2, 0) is 6.42 Å². The van der Waals surface area contributed by atoms with Gasteiger partial charge in [0.1, 0.15) is 11.6 Å². The normalized spacial score (nSPS) is 17.3. The van der Waals surface area contributed by atoms with Gasteiger partial charge in [0.2, 0.25) is 0 Å². The summed E-state index contributed by atoms with van der Waals surface area (Å²) in [4.78, 5) is 18.3. The van der Waals surface area contributed by atoms with E-state index >= 15 is 0 Å². The number of anilines is 1. The van der Waals surface area contributed by atoms with Crippen LogP contribution in [0.5, 0.6) is 0 Å². The van der Waals surface area contributed by atoms with Crippen molar-refractivity contribution in [3.63, 3.8) is 0 Å². The molecule has 7 heteroatoms. The Labute approximate surface area is 144 Å². The van der Waals surface area contributed by atoms with E-state index in [-0.39, 0.29) is 23.9 Å². The van der Waals surface area contributed by atoms with Gasteiger partial charge in [0.05, 0.1) is 5.69 Å². The predicted octanol–water partition coefficient (Wildman–Crippen LogP) is 4.32. The number of benzene rings is 1. The molecular weight excluding hydrogens is 333 g/mol. The van der Waals surface area contributed by atoms with Crippen molar-refractivity contribution in [1.29, 1.82) is 0 Å². The third kappa shape index (κ3) is 3.38. The van der Waals surface area contributed by atoms with Crippen molar-refractivity contribution in [2.75, 3.05) is 11.9 Å². The molecule has 128 valence electrons. The number of nitrogens with zero attached hydrogens (tertiary/aromatic N) is 2. The highest BCUT2D eigenvalue weighted by atomic mass is 35.5. The summed E-state index contributed by atoms with van der Waals surface area (Å²) in [6, 6.07) is 4.43. The number of aromatic nitrogens is 1. The molecule has 1 aliphatic rings. The van der Waals surface area contributed by atoms with E-state index in [2.05, 4.69) is 10.3 Å². The minimum atomic E-state index is -0.339. The van der Waals surface area contributed by atoms with Crippen LogP contribution in [0.3, 0.4) is 0 Å². The van der Waals surface area contributed by atoms with E-state index in [9.17, 15) is 9.18 Å². The number of hydrogen-bond donors (Lipinski definition) is 1. The molecule has 1 fully saturated rings. The summed E-state index contributed by atoms with van der Waals surface area (Å²) in [5, 5.41) is 3.06. The average Bonchev–Trinajstić information content (AvgIpc) is 3.10. The molecule has 0 aliphatic carbocycles. The molecule has 1 saturated heterocycles. The Hall–Kier alpha value is -2.08. The van der Waals surface area contributed by atoms with E-state index in [1.165, 1.54) is 6.07 Å². The Balaban J connectivity index is 1.72. The van der Waals surface area contributed by atoms with Crippen LogP contribution in [0.25, 0.3) is 0 Å². The van der Waals surface area contributed by atoms with Crippen LogP contribution in [0.1, 0.15) is 29.9 Å². The maximum absolute atomic E-state index is 14.0. The molecule has 3 rings (SSSR count). The summed E-state index contributed by atoms with van der Waals surface area (Å²) < 4.78 is 19.4. The van der Waals surface area contributed by atoms with Gasteiger partial charge in [-0.25, -0.2) is 9.18 Å². The lowest BCUT2D eigenvalue weighted by Gasteiger charge is -2.24. The lowest BCUT2D eigenvalue weighted by Crippen LogP contribution is -2.40. The molecule has 1 aliphatic heterocycles. The molecule has 24 heavy (non-hydrogen) atoms. The first kappa shape index (κ1) is 16.8. The monoisotopic (exact) mass is 351 g/mol. The highest BCUT2D eigenvalue weighted by Gasteiger charge is 2.30. The van der Waals surface area contributed by atoms with Crippen molar-refractivity contribution in [3.05, 3.63) is 46.1 Å². The first-order valence-electron chi connectivity index (χ1n) is 7.90. The standard InChI is InChI=1S/C17H19ClFN3O2/c1-10-11(2)24-16(20-10)21-17(23)22-8-4-5-12(22)9-13-14(18)6-3-7-15(13)19/h3,6-7,12H,4-5,8-9H2,1-2H3,(H,20,21,23)/t12-/m1/s1. The molecule has 1 aromatic carbocycles. The molecule has 1 N–H and O–H groups in total. The third-order valence-electron chi connectivity index (χ3n) is 4.38. The first-order valence-corrected chi connectivity index (χ1v) is 8.28. The fourth-order valence-corrected chi connectivity index (χ4v) is 3.21. The van der Waals surface area contributed by atoms with Crippen LogP contribution in [-0.4, -0.2) is 28.5 Å². The van der Waals surface area contributed by atoms with Gasteiger partial charge in [0.25, 0.3) is 0 Å². The highest BCUT2D eigenvalue weighted by molar-refractivity contribution is 6.31. The Kier molecular flexibility index (Phi) is 4.76. The highest BCUT2D eigenvalue weighted by Crippen LogP contribution is 2.27. The number of urea groups is 1. The fraction of sp³-hybridized carbons (Fsp3) is 0.412. The molecule has 2 aromatic rings. The van der Waals surface area contributed by atoms with Crippen LogP contribution in [0.4, 0.5) is 15.2 Å². The molecule has 0 radical (unpaired) electrons. The smallest absolute Gasteiger partial charge is 0.325 e. The largest absolute Gasteiger partial charge is 0.428 e. The van der Waals surface area contributed by atoms with Gasteiger partial charge < -0.3 is 9.32 Å². The summed E-state index contributed by atoms with van der Waals surface area (Å²) in [6.45, 7) is 4.21. The van der Waals surface area contributed by atoms with E-state index in [0.29, 0.717) is 29.3 Å². The van der Waals surface area contributed by atoms with Gasteiger partial charge in [-0.3, -0.25) is 5.32 Å². The molecule has 2 heterocycles. The van der Waals surface area contributed by atoms with Gasteiger partial charge in [-0.2, -0.15) is 4.98 Å². The zero-order chi connectivity index (χ0) is 17.3. The molecule has 0 saturated carbocycles. The minimum Gasteiger partial charge on any atom is -0.428 e.